The Labute approximate surface area is 145 Å². The van der Waals surface area contributed by atoms with E-state index in [1.807, 2.05) is 18.7 Å². The lowest BCUT2D eigenvalue weighted by Gasteiger charge is -2.33. The molecule has 1 aliphatic heterocycles. The molecular formula is C17H20ClN3O3. The highest BCUT2D eigenvalue weighted by atomic mass is 35.5. The molecule has 1 amide bonds. The van der Waals surface area contributed by atoms with Gasteiger partial charge in [-0.25, -0.2) is 0 Å². The van der Waals surface area contributed by atoms with Crippen LogP contribution in [-0.4, -0.2) is 40.1 Å². The van der Waals surface area contributed by atoms with Crippen molar-refractivity contribution in [2.24, 2.45) is 0 Å². The summed E-state index contributed by atoms with van der Waals surface area (Å²) in [6.45, 7) is 4.98. The molecule has 3 heterocycles. The highest BCUT2D eigenvalue weighted by molar-refractivity contribution is 6.31. The van der Waals surface area contributed by atoms with Crippen LogP contribution in [0.4, 0.5) is 0 Å². The maximum Gasteiger partial charge on any atom is 0.227 e. The number of aryl methyl sites for hydroxylation is 2. The lowest BCUT2D eigenvalue weighted by molar-refractivity contribution is -0.133. The zero-order chi connectivity index (χ0) is 17.1. The summed E-state index contributed by atoms with van der Waals surface area (Å²) in [5, 5.41) is 4.39. The number of nitrogens with zero attached hydrogens (tertiary/aromatic N) is 3. The van der Waals surface area contributed by atoms with Crippen molar-refractivity contribution in [3.8, 4) is 5.75 Å². The number of aromatic nitrogens is 2. The van der Waals surface area contributed by atoms with Gasteiger partial charge in [-0.1, -0.05) is 16.8 Å². The molecule has 1 unspecified atom stereocenters. The summed E-state index contributed by atoms with van der Waals surface area (Å²) < 4.78 is 11.1. The van der Waals surface area contributed by atoms with E-state index < -0.39 is 0 Å². The third kappa shape index (κ3) is 3.70. The second-order valence-electron chi connectivity index (χ2n) is 6.01. The van der Waals surface area contributed by atoms with Crippen LogP contribution >= 0.6 is 11.6 Å². The third-order valence-electron chi connectivity index (χ3n) is 4.27. The van der Waals surface area contributed by atoms with Crippen LogP contribution in [0.2, 0.25) is 5.02 Å². The van der Waals surface area contributed by atoms with Crippen molar-refractivity contribution in [1.82, 2.24) is 15.0 Å². The number of carbonyl (C=O) groups excluding carboxylic acids is 1. The van der Waals surface area contributed by atoms with Crippen LogP contribution in [-0.2, 0) is 11.2 Å². The van der Waals surface area contributed by atoms with Gasteiger partial charge < -0.3 is 14.2 Å². The fourth-order valence-corrected chi connectivity index (χ4v) is 3.08. The van der Waals surface area contributed by atoms with Gasteiger partial charge in [0.25, 0.3) is 0 Å². The first kappa shape index (κ1) is 16.8. The molecule has 7 heteroatoms. The van der Waals surface area contributed by atoms with Gasteiger partial charge in [0, 0.05) is 30.6 Å². The predicted molar refractivity (Wildman–Crippen MR) is 89.2 cm³/mol. The number of pyridine rings is 1. The fourth-order valence-electron chi connectivity index (χ4n) is 2.92. The molecule has 1 aliphatic rings. The number of hydrogen-bond donors (Lipinski definition) is 0. The van der Waals surface area contributed by atoms with Gasteiger partial charge in [0.1, 0.15) is 22.6 Å². The molecule has 0 bridgehead atoms. The molecule has 24 heavy (non-hydrogen) atoms. The molecular weight excluding hydrogens is 330 g/mol. The molecule has 0 radical (unpaired) electrons. The van der Waals surface area contributed by atoms with Crippen LogP contribution < -0.4 is 4.74 Å². The van der Waals surface area contributed by atoms with Gasteiger partial charge in [-0.15, -0.1) is 0 Å². The number of ether oxygens (including phenoxy) is 1. The number of likely N-dealkylation sites (tertiary alicyclic amines) is 1. The molecule has 0 N–H and O–H groups in total. The summed E-state index contributed by atoms with van der Waals surface area (Å²) in [5.74, 6) is 1.38. The van der Waals surface area contributed by atoms with E-state index in [-0.39, 0.29) is 12.0 Å². The fraction of sp³-hybridized carbons (Fsp3) is 0.471. The Morgan fingerprint density at radius 2 is 2.33 bits per heavy atom. The van der Waals surface area contributed by atoms with Crippen LogP contribution in [0.15, 0.2) is 23.0 Å². The predicted octanol–water partition coefficient (Wildman–Crippen LogP) is 2.95. The van der Waals surface area contributed by atoms with Crippen LogP contribution in [0.5, 0.6) is 5.75 Å². The van der Waals surface area contributed by atoms with E-state index >= 15 is 0 Å². The summed E-state index contributed by atoms with van der Waals surface area (Å²) in [4.78, 5) is 18.4. The topological polar surface area (TPSA) is 68.5 Å². The van der Waals surface area contributed by atoms with Crippen molar-refractivity contribution in [3.63, 3.8) is 0 Å². The maximum absolute atomic E-state index is 12.6. The smallest absolute Gasteiger partial charge is 0.227 e. The van der Waals surface area contributed by atoms with Gasteiger partial charge in [0.15, 0.2) is 0 Å². The van der Waals surface area contributed by atoms with Gasteiger partial charge in [-0.3, -0.25) is 9.78 Å². The number of rotatable bonds is 4. The first-order valence-corrected chi connectivity index (χ1v) is 8.38. The molecule has 1 fully saturated rings. The molecule has 2 aromatic rings. The first-order chi connectivity index (χ1) is 11.5. The van der Waals surface area contributed by atoms with Crippen molar-refractivity contribution < 1.29 is 14.1 Å². The van der Waals surface area contributed by atoms with E-state index in [0.717, 1.165) is 30.6 Å². The standard InChI is InChI=1S/C17H20ClN3O3/c1-11-14(12(2)24-20-11)8-17(22)21-7-3-4-13(10-21)23-16-5-6-19-9-15(16)18/h5-6,9,13H,3-4,7-8,10H2,1-2H3. The Hall–Kier alpha value is -2.08. The summed E-state index contributed by atoms with van der Waals surface area (Å²) in [6.07, 6.45) is 5.25. The first-order valence-electron chi connectivity index (χ1n) is 8.00. The number of amides is 1. The van der Waals surface area contributed by atoms with Gasteiger partial charge in [0.2, 0.25) is 5.91 Å². The highest BCUT2D eigenvalue weighted by Crippen LogP contribution is 2.26. The van der Waals surface area contributed by atoms with Crippen molar-refractivity contribution in [3.05, 3.63) is 40.5 Å². The van der Waals surface area contributed by atoms with Crippen molar-refractivity contribution in [2.75, 3.05) is 13.1 Å². The van der Waals surface area contributed by atoms with Crippen molar-refractivity contribution in [1.29, 1.82) is 0 Å². The largest absolute Gasteiger partial charge is 0.487 e. The highest BCUT2D eigenvalue weighted by Gasteiger charge is 2.26. The summed E-state index contributed by atoms with van der Waals surface area (Å²) in [5.41, 5.74) is 1.65. The van der Waals surface area contributed by atoms with Crippen molar-refractivity contribution >= 4 is 17.5 Å². The Kier molecular flexibility index (Phi) is 5.04. The summed E-state index contributed by atoms with van der Waals surface area (Å²) in [6, 6.07) is 1.74. The van der Waals surface area contributed by atoms with Gasteiger partial charge in [-0.05, 0) is 26.7 Å². The number of hydrogen-bond acceptors (Lipinski definition) is 5. The van der Waals surface area contributed by atoms with E-state index in [2.05, 4.69) is 10.1 Å². The molecule has 0 spiro atoms. The number of carbonyl (C=O) groups is 1. The van der Waals surface area contributed by atoms with Crippen LogP contribution in [0.3, 0.4) is 0 Å². The summed E-state index contributed by atoms with van der Waals surface area (Å²) >= 11 is 6.09. The van der Waals surface area contributed by atoms with Crippen LogP contribution in [0.25, 0.3) is 0 Å². The second-order valence-corrected chi connectivity index (χ2v) is 6.41. The minimum absolute atomic E-state index is 0.0627. The Bertz CT molecular complexity index is 712. The third-order valence-corrected chi connectivity index (χ3v) is 4.55. The normalized spacial score (nSPS) is 17.8. The zero-order valence-corrected chi connectivity index (χ0v) is 14.5. The second kappa shape index (κ2) is 7.21. The van der Waals surface area contributed by atoms with E-state index in [1.165, 1.54) is 0 Å². The van der Waals surface area contributed by atoms with Crippen LogP contribution in [0, 0.1) is 13.8 Å². The molecule has 0 saturated carbocycles. The van der Waals surface area contributed by atoms with Gasteiger partial charge in [0.05, 0.1) is 18.7 Å². The zero-order valence-electron chi connectivity index (χ0n) is 13.8. The van der Waals surface area contributed by atoms with E-state index in [4.69, 9.17) is 20.9 Å². The Balaban J connectivity index is 1.63. The lowest BCUT2D eigenvalue weighted by Crippen LogP contribution is -2.45. The maximum atomic E-state index is 12.6. The molecule has 1 saturated heterocycles. The van der Waals surface area contributed by atoms with Crippen molar-refractivity contribution in [2.45, 2.75) is 39.2 Å². The quantitative estimate of drug-likeness (QED) is 0.848. The van der Waals surface area contributed by atoms with E-state index in [1.54, 1.807) is 18.5 Å². The molecule has 3 rings (SSSR count). The minimum Gasteiger partial charge on any atom is -0.487 e. The molecule has 0 aromatic carbocycles. The molecule has 6 nitrogen and oxygen atoms in total. The molecule has 1 atom stereocenters. The van der Waals surface area contributed by atoms with E-state index in [0.29, 0.717) is 29.5 Å². The molecule has 0 aliphatic carbocycles. The monoisotopic (exact) mass is 349 g/mol. The number of halogens is 1. The average Bonchev–Trinajstić information content (AvgIpc) is 2.89. The SMILES string of the molecule is Cc1noc(C)c1CC(=O)N1CCCC(Oc2ccncc2Cl)C1. The van der Waals surface area contributed by atoms with Gasteiger partial charge in [-0.2, -0.15) is 0 Å². The van der Waals surface area contributed by atoms with E-state index in [9.17, 15) is 4.79 Å². The average molecular weight is 350 g/mol. The van der Waals surface area contributed by atoms with Crippen LogP contribution in [0.1, 0.15) is 29.9 Å². The number of piperidine rings is 1. The Morgan fingerprint density at radius 1 is 1.50 bits per heavy atom. The molecule has 128 valence electrons. The lowest BCUT2D eigenvalue weighted by atomic mass is 10.1. The molecule has 2 aromatic heterocycles. The Morgan fingerprint density at radius 3 is 3.04 bits per heavy atom. The summed E-state index contributed by atoms with van der Waals surface area (Å²) in [7, 11) is 0. The minimum atomic E-state index is -0.0627. The van der Waals surface area contributed by atoms with Gasteiger partial charge >= 0.3 is 0 Å².